The first-order chi connectivity index (χ1) is 20.8. The third-order valence-electron chi connectivity index (χ3n) is 8.21. The van der Waals surface area contributed by atoms with Gasteiger partial charge in [-0.2, -0.15) is 0 Å². The summed E-state index contributed by atoms with van der Waals surface area (Å²) in [6, 6.07) is 8.07. The first kappa shape index (κ1) is 30.5. The molecule has 5 rings (SSSR count). The number of methoxy groups -OCH3 is 1. The van der Waals surface area contributed by atoms with Crippen molar-refractivity contribution in [2.45, 2.75) is 38.5 Å². The van der Waals surface area contributed by atoms with Gasteiger partial charge in [-0.1, -0.05) is 17.7 Å². The number of furan rings is 1. The summed E-state index contributed by atoms with van der Waals surface area (Å²) in [6.07, 6.45) is 5.83. The lowest BCUT2D eigenvalue weighted by Crippen LogP contribution is -2.37. The van der Waals surface area contributed by atoms with Crippen molar-refractivity contribution in [3.05, 3.63) is 52.9 Å². The van der Waals surface area contributed by atoms with E-state index in [0.29, 0.717) is 49.2 Å². The third kappa shape index (κ3) is 6.83. The second kappa shape index (κ2) is 13.6. The molecule has 2 aliphatic rings. The Morgan fingerprint density at radius 1 is 1.05 bits per heavy atom. The molecule has 1 aromatic carbocycles. The van der Waals surface area contributed by atoms with Gasteiger partial charge in [0.2, 0.25) is 17.6 Å². The number of benzene rings is 1. The number of carbonyl (C=O) groups is 4. The van der Waals surface area contributed by atoms with Crippen molar-refractivity contribution in [1.29, 1.82) is 0 Å². The number of likely N-dealkylation sites (N-methyl/N-ethyl adjacent to an activating group) is 1. The van der Waals surface area contributed by atoms with E-state index < -0.39 is 5.91 Å². The molecule has 1 saturated carbocycles. The SMILES string of the molecule is COCCN(C)C(=O)c1cccc2oc(C(=O)Nc3ccc(Cl)cn3)c(NC(=O)C3CCC(C(=O)N4CCCC4)CC3)c12. The van der Waals surface area contributed by atoms with Gasteiger partial charge in [-0.15, -0.1) is 0 Å². The minimum Gasteiger partial charge on any atom is -0.449 e. The number of ether oxygens (including phenoxy) is 1. The molecule has 0 spiro atoms. The van der Waals surface area contributed by atoms with Crippen LogP contribution >= 0.6 is 11.6 Å². The van der Waals surface area contributed by atoms with Gasteiger partial charge in [0.25, 0.3) is 11.8 Å². The van der Waals surface area contributed by atoms with E-state index in [1.54, 1.807) is 44.5 Å². The predicted molar refractivity (Wildman–Crippen MR) is 162 cm³/mol. The summed E-state index contributed by atoms with van der Waals surface area (Å²) in [5.41, 5.74) is 0.667. The van der Waals surface area contributed by atoms with E-state index in [1.165, 1.54) is 11.1 Å². The Bertz CT molecular complexity index is 1490. The Hall–Kier alpha value is -3.96. The van der Waals surface area contributed by atoms with Crippen LogP contribution in [0.5, 0.6) is 0 Å². The summed E-state index contributed by atoms with van der Waals surface area (Å²) in [7, 11) is 3.21. The van der Waals surface area contributed by atoms with Crippen molar-refractivity contribution in [2.24, 2.45) is 11.8 Å². The van der Waals surface area contributed by atoms with Gasteiger partial charge in [0.15, 0.2) is 0 Å². The number of pyridine rings is 1. The average molecular weight is 610 g/mol. The molecule has 1 saturated heterocycles. The van der Waals surface area contributed by atoms with E-state index in [-0.39, 0.29) is 58.0 Å². The van der Waals surface area contributed by atoms with Crippen LogP contribution in [0.2, 0.25) is 5.02 Å². The molecular formula is C31H36ClN5O6. The van der Waals surface area contributed by atoms with E-state index in [0.717, 1.165) is 25.9 Å². The Kier molecular flexibility index (Phi) is 9.62. The molecule has 3 heterocycles. The summed E-state index contributed by atoms with van der Waals surface area (Å²) in [4.78, 5) is 61.0. The molecule has 2 aromatic heterocycles. The van der Waals surface area contributed by atoms with Crippen LogP contribution in [0, 0.1) is 11.8 Å². The van der Waals surface area contributed by atoms with Gasteiger partial charge in [0.05, 0.1) is 22.6 Å². The Labute approximate surface area is 254 Å². The number of fused-ring (bicyclic) bond motifs is 1. The minimum absolute atomic E-state index is 0.0722. The fourth-order valence-electron chi connectivity index (χ4n) is 5.79. The summed E-state index contributed by atoms with van der Waals surface area (Å²) in [6.45, 7) is 2.31. The summed E-state index contributed by atoms with van der Waals surface area (Å²) >= 11 is 5.93. The van der Waals surface area contributed by atoms with Crippen LogP contribution in [0.25, 0.3) is 11.0 Å². The van der Waals surface area contributed by atoms with Crippen molar-refractivity contribution < 1.29 is 28.3 Å². The smallest absolute Gasteiger partial charge is 0.294 e. The number of nitrogens with zero attached hydrogens (tertiary/aromatic N) is 3. The predicted octanol–water partition coefficient (Wildman–Crippen LogP) is 4.82. The molecule has 1 aliphatic carbocycles. The highest BCUT2D eigenvalue weighted by atomic mass is 35.5. The molecular weight excluding hydrogens is 574 g/mol. The van der Waals surface area contributed by atoms with Gasteiger partial charge in [0, 0.05) is 51.8 Å². The fraction of sp³-hybridized carbons (Fsp3) is 0.452. The van der Waals surface area contributed by atoms with Gasteiger partial charge in [0.1, 0.15) is 17.1 Å². The average Bonchev–Trinajstić information content (AvgIpc) is 3.69. The number of anilines is 2. The van der Waals surface area contributed by atoms with Crippen molar-refractivity contribution in [3.8, 4) is 0 Å². The quantitative estimate of drug-likeness (QED) is 0.355. The highest BCUT2D eigenvalue weighted by molar-refractivity contribution is 6.30. The Balaban J connectivity index is 1.42. The number of hydrogen-bond donors (Lipinski definition) is 2. The zero-order chi connectivity index (χ0) is 30.5. The number of amides is 4. The van der Waals surface area contributed by atoms with Gasteiger partial charge in [-0.3, -0.25) is 19.2 Å². The number of aromatic nitrogens is 1. The van der Waals surface area contributed by atoms with Crippen LogP contribution in [-0.4, -0.2) is 78.8 Å². The molecule has 3 aromatic rings. The van der Waals surface area contributed by atoms with Crippen molar-refractivity contribution in [2.75, 3.05) is 51.0 Å². The van der Waals surface area contributed by atoms with Gasteiger partial charge >= 0.3 is 0 Å². The van der Waals surface area contributed by atoms with E-state index in [1.807, 2.05) is 4.90 Å². The second-order valence-corrected chi connectivity index (χ2v) is 11.5. The van der Waals surface area contributed by atoms with E-state index in [2.05, 4.69) is 15.6 Å². The Morgan fingerprint density at radius 3 is 2.44 bits per heavy atom. The topological polar surface area (TPSA) is 134 Å². The molecule has 4 amide bonds. The van der Waals surface area contributed by atoms with Crippen molar-refractivity contribution in [1.82, 2.24) is 14.8 Å². The number of likely N-dealkylation sites (tertiary alicyclic amines) is 1. The molecule has 11 nitrogen and oxygen atoms in total. The van der Waals surface area contributed by atoms with Crippen molar-refractivity contribution in [3.63, 3.8) is 0 Å². The first-order valence-corrected chi connectivity index (χ1v) is 15.0. The summed E-state index contributed by atoms with van der Waals surface area (Å²) in [5.74, 6) is -1.40. The first-order valence-electron chi connectivity index (χ1n) is 14.6. The lowest BCUT2D eigenvalue weighted by molar-refractivity contribution is -0.136. The minimum atomic E-state index is -0.646. The molecule has 0 bridgehead atoms. The summed E-state index contributed by atoms with van der Waals surface area (Å²) < 4.78 is 11.1. The third-order valence-corrected chi connectivity index (χ3v) is 8.44. The maximum Gasteiger partial charge on any atom is 0.294 e. The highest BCUT2D eigenvalue weighted by Gasteiger charge is 2.34. The molecule has 0 unspecified atom stereocenters. The van der Waals surface area contributed by atoms with Crippen LogP contribution in [0.4, 0.5) is 11.5 Å². The molecule has 0 radical (unpaired) electrons. The lowest BCUT2D eigenvalue weighted by atomic mass is 9.81. The number of nitrogens with one attached hydrogen (secondary N) is 2. The molecule has 43 heavy (non-hydrogen) atoms. The number of carbonyl (C=O) groups excluding carboxylic acids is 4. The largest absolute Gasteiger partial charge is 0.449 e. The van der Waals surface area contributed by atoms with Gasteiger partial charge < -0.3 is 29.6 Å². The van der Waals surface area contributed by atoms with Crippen LogP contribution in [0.15, 0.2) is 40.9 Å². The van der Waals surface area contributed by atoms with Crippen LogP contribution < -0.4 is 10.6 Å². The Morgan fingerprint density at radius 2 is 1.77 bits per heavy atom. The van der Waals surface area contributed by atoms with E-state index in [4.69, 9.17) is 20.8 Å². The number of hydrogen-bond acceptors (Lipinski definition) is 7. The maximum atomic E-state index is 13.7. The zero-order valence-corrected chi connectivity index (χ0v) is 25.1. The van der Waals surface area contributed by atoms with Gasteiger partial charge in [-0.25, -0.2) is 4.98 Å². The molecule has 1 aliphatic heterocycles. The summed E-state index contributed by atoms with van der Waals surface area (Å²) in [5, 5.41) is 6.35. The van der Waals surface area contributed by atoms with Gasteiger partial charge in [-0.05, 0) is 62.8 Å². The van der Waals surface area contributed by atoms with Crippen LogP contribution in [-0.2, 0) is 14.3 Å². The second-order valence-electron chi connectivity index (χ2n) is 11.1. The van der Waals surface area contributed by atoms with Crippen LogP contribution in [0.1, 0.15) is 59.4 Å². The monoisotopic (exact) mass is 609 g/mol. The van der Waals surface area contributed by atoms with Crippen molar-refractivity contribution >= 4 is 57.7 Å². The molecule has 12 heteroatoms. The molecule has 0 atom stereocenters. The zero-order valence-electron chi connectivity index (χ0n) is 24.4. The lowest BCUT2D eigenvalue weighted by Gasteiger charge is -2.29. The number of rotatable bonds is 9. The van der Waals surface area contributed by atoms with E-state index >= 15 is 0 Å². The fourth-order valence-corrected chi connectivity index (χ4v) is 5.90. The molecule has 228 valence electrons. The standard InChI is InChI=1S/C31H36ClN5O6/c1-36(16-17-42-2)31(41)22-6-5-7-23-25(22)26(27(43-23)29(39)34-24-13-12-21(32)18-33-24)35-28(38)19-8-10-20(11-9-19)30(40)37-14-3-4-15-37/h5-7,12-13,18-20H,3-4,8-11,14-17H2,1-2H3,(H,35,38)(H,33,34,39). The molecule has 2 fully saturated rings. The van der Waals surface area contributed by atoms with Crippen LogP contribution in [0.3, 0.4) is 0 Å². The maximum absolute atomic E-state index is 13.7. The number of halogens is 1. The highest BCUT2D eigenvalue weighted by Crippen LogP contribution is 2.37. The van der Waals surface area contributed by atoms with E-state index in [9.17, 15) is 19.2 Å². The normalized spacial score (nSPS) is 18.4. The molecule has 2 N–H and O–H groups in total.